The van der Waals surface area contributed by atoms with Gasteiger partial charge in [0, 0.05) is 29.7 Å². The molecule has 3 heterocycles. The number of aromatic nitrogens is 5. The highest BCUT2D eigenvalue weighted by molar-refractivity contribution is 6.02. The van der Waals surface area contributed by atoms with Gasteiger partial charge >= 0.3 is 6.01 Å². The molecule has 0 fully saturated rings. The minimum atomic E-state index is 0.325. The fraction of sp³-hybridized carbons (Fsp3) is 0.111. The number of ether oxygens (including phenoxy) is 2. The predicted octanol–water partition coefficient (Wildman–Crippen LogP) is 3.10. The van der Waals surface area contributed by atoms with E-state index >= 15 is 0 Å². The van der Waals surface area contributed by atoms with Crippen LogP contribution in [0, 0.1) is 0 Å². The van der Waals surface area contributed by atoms with Crippen molar-refractivity contribution in [1.82, 2.24) is 25.1 Å². The summed E-state index contributed by atoms with van der Waals surface area (Å²) in [6, 6.07) is 9.99. The zero-order valence-electron chi connectivity index (χ0n) is 13.7. The van der Waals surface area contributed by atoms with Gasteiger partial charge in [-0.15, -0.1) is 0 Å². The number of pyridine rings is 1. The van der Waals surface area contributed by atoms with Crippen LogP contribution in [0.15, 0.2) is 48.9 Å². The molecular weight excluding hydrogens is 318 g/mol. The van der Waals surface area contributed by atoms with Crippen LogP contribution in [0.2, 0.25) is 0 Å². The van der Waals surface area contributed by atoms with Crippen LogP contribution >= 0.6 is 0 Å². The number of hydrogen-bond acceptors (Lipinski definition) is 6. The predicted molar refractivity (Wildman–Crippen MR) is 93.5 cm³/mol. The molecule has 124 valence electrons. The molecule has 0 aliphatic carbocycles. The van der Waals surface area contributed by atoms with E-state index in [4.69, 9.17) is 9.47 Å². The number of hydrogen-bond donors (Lipinski definition) is 1. The molecule has 4 rings (SSSR count). The lowest BCUT2D eigenvalue weighted by Gasteiger charge is -2.08. The molecule has 0 aliphatic heterocycles. The number of para-hydroxylation sites is 1. The lowest BCUT2D eigenvalue weighted by Crippen LogP contribution is -1.93. The van der Waals surface area contributed by atoms with E-state index in [2.05, 4.69) is 25.1 Å². The lowest BCUT2D eigenvalue weighted by molar-refractivity contribution is 0.380. The van der Waals surface area contributed by atoms with Crippen LogP contribution < -0.4 is 9.47 Å². The first-order chi connectivity index (χ1) is 12.3. The van der Waals surface area contributed by atoms with Crippen LogP contribution in [-0.4, -0.2) is 39.4 Å². The average molecular weight is 333 g/mol. The molecule has 0 bridgehead atoms. The number of nitrogens with one attached hydrogen (secondary N) is 1. The van der Waals surface area contributed by atoms with Crippen molar-refractivity contribution in [1.29, 1.82) is 0 Å². The van der Waals surface area contributed by atoms with Gasteiger partial charge in [0.15, 0.2) is 5.65 Å². The third-order valence-corrected chi connectivity index (χ3v) is 3.95. The lowest BCUT2D eigenvalue weighted by atomic mass is 10.0. The Morgan fingerprint density at radius 2 is 1.68 bits per heavy atom. The molecule has 0 spiro atoms. The van der Waals surface area contributed by atoms with Crippen LogP contribution in [0.3, 0.4) is 0 Å². The Hall–Kier alpha value is -3.48. The van der Waals surface area contributed by atoms with E-state index in [1.54, 1.807) is 25.7 Å². The Bertz CT molecular complexity index is 1030. The molecular formula is C18H15N5O2. The number of fused-ring (bicyclic) bond motifs is 1. The van der Waals surface area contributed by atoms with Gasteiger partial charge in [0.1, 0.15) is 11.4 Å². The second-order valence-electron chi connectivity index (χ2n) is 5.31. The molecule has 0 saturated carbocycles. The number of H-pyrrole nitrogens is 1. The van der Waals surface area contributed by atoms with Gasteiger partial charge in [-0.3, -0.25) is 5.10 Å². The normalized spacial score (nSPS) is 10.8. The van der Waals surface area contributed by atoms with Crippen molar-refractivity contribution in [2.24, 2.45) is 0 Å². The van der Waals surface area contributed by atoms with Crippen molar-refractivity contribution in [2.45, 2.75) is 0 Å². The Kier molecular flexibility index (Phi) is 3.74. The van der Waals surface area contributed by atoms with E-state index in [9.17, 15) is 0 Å². The highest BCUT2D eigenvalue weighted by atomic mass is 16.5. The number of aromatic amines is 1. The number of benzene rings is 1. The number of methoxy groups -OCH3 is 2. The summed E-state index contributed by atoms with van der Waals surface area (Å²) in [5, 5.41) is 8.34. The molecule has 7 heteroatoms. The van der Waals surface area contributed by atoms with Crippen molar-refractivity contribution in [3.8, 4) is 34.1 Å². The summed E-state index contributed by atoms with van der Waals surface area (Å²) in [6.07, 6.45) is 5.17. The monoisotopic (exact) mass is 333 g/mol. The molecule has 25 heavy (non-hydrogen) atoms. The standard InChI is InChI=1S/C18H15N5O2/c1-24-14-6-4-3-5-13(14)16-15-12(7-8-19-17(15)23-22-16)11-9-20-18(25-2)21-10-11/h3-10H,1-2H3,(H,19,22,23). The molecule has 1 N–H and O–H groups in total. The molecule has 4 aromatic rings. The summed E-state index contributed by atoms with van der Waals surface area (Å²) in [7, 11) is 3.18. The first kappa shape index (κ1) is 15.1. The molecule has 1 aromatic carbocycles. The molecule has 3 aromatic heterocycles. The van der Waals surface area contributed by atoms with Gasteiger partial charge in [0.2, 0.25) is 0 Å². The molecule has 0 aliphatic rings. The smallest absolute Gasteiger partial charge is 0.316 e. The van der Waals surface area contributed by atoms with Crippen LogP contribution in [0.1, 0.15) is 0 Å². The zero-order chi connectivity index (χ0) is 17.2. The average Bonchev–Trinajstić information content (AvgIpc) is 3.12. The molecule has 0 unspecified atom stereocenters. The third kappa shape index (κ3) is 2.55. The topological polar surface area (TPSA) is 85.8 Å². The second-order valence-corrected chi connectivity index (χ2v) is 5.31. The highest BCUT2D eigenvalue weighted by Crippen LogP contribution is 2.37. The molecule has 0 amide bonds. The Balaban J connectivity index is 1.96. The van der Waals surface area contributed by atoms with E-state index in [1.807, 2.05) is 30.3 Å². The van der Waals surface area contributed by atoms with Gasteiger partial charge in [-0.1, -0.05) is 12.1 Å². The Labute approximate surface area is 143 Å². The van der Waals surface area contributed by atoms with E-state index in [-0.39, 0.29) is 0 Å². The highest BCUT2D eigenvalue weighted by Gasteiger charge is 2.17. The van der Waals surface area contributed by atoms with Crippen LogP contribution in [0.5, 0.6) is 11.8 Å². The maximum absolute atomic E-state index is 5.48. The second kappa shape index (κ2) is 6.20. The van der Waals surface area contributed by atoms with E-state index < -0.39 is 0 Å². The first-order valence-corrected chi connectivity index (χ1v) is 7.64. The molecule has 0 atom stereocenters. The minimum absolute atomic E-state index is 0.325. The van der Waals surface area contributed by atoms with Crippen LogP contribution in [-0.2, 0) is 0 Å². The van der Waals surface area contributed by atoms with Crippen molar-refractivity contribution in [3.63, 3.8) is 0 Å². The van der Waals surface area contributed by atoms with Crippen molar-refractivity contribution < 1.29 is 9.47 Å². The van der Waals surface area contributed by atoms with Gasteiger partial charge < -0.3 is 9.47 Å². The van der Waals surface area contributed by atoms with Gasteiger partial charge in [0.05, 0.1) is 19.6 Å². The number of rotatable bonds is 4. The summed E-state index contributed by atoms with van der Waals surface area (Å²) in [5.74, 6) is 0.747. The van der Waals surface area contributed by atoms with E-state index in [0.717, 1.165) is 33.5 Å². The van der Waals surface area contributed by atoms with Crippen LogP contribution in [0.4, 0.5) is 0 Å². The first-order valence-electron chi connectivity index (χ1n) is 7.64. The fourth-order valence-corrected chi connectivity index (χ4v) is 2.79. The van der Waals surface area contributed by atoms with Gasteiger partial charge in [-0.25, -0.2) is 15.0 Å². The molecule has 7 nitrogen and oxygen atoms in total. The zero-order valence-corrected chi connectivity index (χ0v) is 13.7. The molecule has 0 radical (unpaired) electrons. The van der Waals surface area contributed by atoms with E-state index in [1.165, 1.54) is 7.11 Å². The Morgan fingerprint density at radius 1 is 0.880 bits per heavy atom. The third-order valence-electron chi connectivity index (χ3n) is 3.95. The van der Waals surface area contributed by atoms with Gasteiger partial charge in [-0.05, 0) is 23.8 Å². The summed E-state index contributed by atoms with van der Waals surface area (Å²) in [5.41, 5.74) is 4.13. The summed E-state index contributed by atoms with van der Waals surface area (Å²) < 4.78 is 10.5. The van der Waals surface area contributed by atoms with Gasteiger partial charge in [-0.2, -0.15) is 5.10 Å². The van der Waals surface area contributed by atoms with Gasteiger partial charge in [0.25, 0.3) is 0 Å². The quantitative estimate of drug-likeness (QED) is 0.617. The summed E-state index contributed by atoms with van der Waals surface area (Å²) in [6.45, 7) is 0. The maximum Gasteiger partial charge on any atom is 0.316 e. The van der Waals surface area contributed by atoms with Crippen LogP contribution in [0.25, 0.3) is 33.4 Å². The van der Waals surface area contributed by atoms with E-state index in [0.29, 0.717) is 11.7 Å². The van der Waals surface area contributed by atoms with Crippen molar-refractivity contribution in [3.05, 3.63) is 48.9 Å². The Morgan fingerprint density at radius 3 is 2.44 bits per heavy atom. The summed E-state index contributed by atoms with van der Waals surface area (Å²) in [4.78, 5) is 12.8. The maximum atomic E-state index is 5.48. The summed E-state index contributed by atoms with van der Waals surface area (Å²) >= 11 is 0. The number of nitrogens with zero attached hydrogens (tertiary/aromatic N) is 4. The fourth-order valence-electron chi connectivity index (χ4n) is 2.79. The largest absolute Gasteiger partial charge is 0.496 e. The van der Waals surface area contributed by atoms with Crippen molar-refractivity contribution in [2.75, 3.05) is 14.2 Å². The molecule has 0 saturated heterocycles. The SMILES string of the molecule is COc1ncc(-c2ccnc3[nH]nc(-c4ccccc4OC)c23)cn1. The minimum Gasteiger partial charge on any atom is -0.496 e. The van der Waals surface area contributed by atoms with Crippen molar-refractivity contribution >= 4 is 11.0 Å².